The Kier molecular flexibility index (Phi) is 7.80. The molecule has 8 heteroatoms. The molecule has 1 aliphatic rings. The molecule has 0 bridgehead atoms. The van der Waals surface area contributed by atoms with Gasteiger partial charge in [-0.1, -0.05) is 19.9 Å². The van der Waals surface area contributed by atoms with E-state index in [0.29, 0.717) is 17.6 Å². The molecule has 206 valence electrons. The number of aromatic amines is 1. The molecule has 0 aliphatic carbocycles. The van der Waals surface area contributed by atoms with Crippen LogP contribution in [0.1, 0.15) is 59.6 Å². The summed E-state index contributed by atoms with van der Waals surface area (Å²) in [5, 5.41) is 7.38. The Balaban J connectivity index is 1.44. The number of aromatic nitrogens is 3. The van der Waals surface area contributed by atoms with Gasteiger partial charge in [0.2, 0.25) is 0 Å². The average Bonchev–Trinajstić information content (AvgIpc) is 3.63. The molecule has 0 saturated heterocycles. The maximum Gasteiger partial charge on any atom is 0.256 e. The fourth-order valence-electron chi connectivity index (χ4n) is 5.41. The van der Waals surface area contributed by atoms with Crippen LogP contribution in [0.2, 0.25) is 0 Å². The largest absolute Gasteiger partial charge is 0.358 e. The number of benzene rings is 2. The number of Topliss-reactive ketones (excluding diaryl/α,β-unsaturated/α-hetero) is 1. The number of nitrogens with zero attached hydrogens (tertiary/aromatic N) is 3. The van der Waals surface area contributed by atoms with E-state index < -0.39 is 0 Å². The Morgan fingerprint density at radius 2 is 1.82 bits per heavy atom. The highest BCUT2D eigenvalue weighted by Crippen LogP contribution is 2.37. The second-order valence-corrected chi connectivity index (χ2v) is 10.1. The number of halogens is 1. The van der Waals surface area contributed by atoms with E-state index in [1.165, 1.54) is 12.1 Å². The third kappa shape index (κ3) is 5.27. The van der Waals surface area contributed by atoms with Gasteiger partial charge in [-0.3, -0.25) is 9.59 Å². The number of rotatable bonds is 10. The van der Waals surface area contributed by atoms with Crippen molar-refractivity contribution in [2.45, 2.75) is 40.5 Å². The zero-order chi connectivity index (χ0) is 28.4. The molecule has 2 N–H and O–H groups in total. The highest BCUT2D eigenvalue weighted by molar-refractivity contribution is 6.35. The van der Waals surface area contributed by atoms with Gasteiger partial charge >= 0.3 is 0 Å². The van der Waals surface area contributed by atoms with Crippen molar-refractivity contribution in [1.82, 2.24) is 19.7 Å². The Hall–Kier alpha value is -4.30. The first-order chi connectivity index (χ1) is 19.3. The van der Waals surface area contributed by atoms with Crippen LogP contribution in [0.4, 0.5) is 10.1 Å². The van der Waals surface area contributed by atoms with Gasteiger partial charge in [-0.15, -0.1) is 0 Å². The lowest BCUT2D eigenvalue weighted by Gasteiger charge is -2.17. The number of nitrogens with one attached hydrogen (secondary N) is 2. The summed E-state index contributed by atoms with van der Waals surface area (Å²) < 4.78 is 15.2. The minimum atomic E-state index is -0.311. The first-order valence-electron chi connectivity index (χ1n) is 13.7. The molecule has 2 aromatic heterocycles. The second kappa shape index (κ2) is 11.4. The number of aryl methyl sites for hydroxylation is 1. The van der Waals surface area contributed by atoms with Crippen LogP contribution >= 0.6 is 0 Å². The van der Waals surface area contributed by atoms with Crippen molar-refractivity contribution in [1.29, 1.82) is 0 Å². The number of ketones is 1. The van der Waals surface area contributed by atoms with Crippen LogP contribution < -0.4 is 5.32 Å². The maximum atomic E-state index is 13.5. The molecule has 2 aromatic carbocycles. The summed E-state index contributed by atoms with van der Waals surface area (Å²) in [4.78, 5) is 31.8. The van der Waals surface area contributed by atoms with Crippen LogP contribution in [-0.4, -0.2) is 51.0 Å². The highest BCUT2D eigenvalue weighted by atomic mass is 19.1. The first-order valence-corrected chi connectivity index (χ1v) is 13.7. The van der Waals surface area contributed by atoms with Crippen molar-refractivity contribution < 1.29 is 14.0 Å². The number of hydrogen-bond donors (Lipinski definition) is 2. The van der Waals surface area contributed by atoms with Crippen LogP contribution in [-0.2, 0) is 4.79 Å². The Morgan fingerprint density at radius 1 is 1.07 bits per heavy atom. The minimum Gasteiger partial charge on any atom is -0.358 e. The van der Waals surface area contributed by atoms with Crippen molar-refractivity contribution in [2.75, 3.05) is 25.0 Å². The molecule has 3 heterocycles. The molecule has 1 amide bonds. The Bertz CT molecular complexity index is 1590. The number of fused-ring (bicyclic) bond motifs is 1. The van der Waals surface area contributed by atoms with Crippen molar-refractivity contribution >= 4 is 29.0 Å². The predicted molar refractivity (Wildman–Crippen MR) is 157 cm³/mol. The molecule has 5 rings (SSSR count). The number of hydrogen-bond acceptors (Lipinski definition) is 4. The summed E-state index contributed by atoms with van der Waals surface area (Å²) in [5.74, 6) is -0.387. The van der Waals surface area contributed by atoms with Gasteiger partial charge in [0.1, 0.15) is 5.82 Å². The van der Waals surface area contributed by atoms with Crippen molar-refractivity contribution in [3.8, 4) is 16.9 Å². The van der Waals surface area contributed by atoms with Crippen LogP contribution in [0.3, 0.4) is 0 Å². The average molecular weight is 540 g/mol. The zero-order valence-corrected chi connectivity index (χ0v) is 23.3. The molecule has 4 aromatic rings. The third-order valence-electron chi connectivity index (χ3n) is 7.63. The lowest BCUT2D eigenvalue weighted by molar-refractivity contribution is -0.110. The molecule has 0 unspecified atom stereocenters. The monoisotopic (exact) mass is 539 g/mol. The lowest BCUT2D eigenvalue weighted by atomic mass is 9.99. The van der Waals surface area contributed by atoms with Crippen LogP contribution in [0, 0.1) is 19.7 Å². The summed E-state index contributed by atoms with van der Waals surface area (Å²) in [7, 11) is 0. The third-order valence-corrected chi connectivity index (χ3v) is 7.63. The van der Waals surface area contributed by atoms with Gasteiger partial charge in [0.25, 0.3) is 5.91 Å². The number of H-pyrrole nitrogens is 1. The lowest BCUT2D eigenvalue weighted by Crippen LogP contribution is -2.24. The maximum absolute atomic E-state index is 13.5. The molecule has 0 atom stereocenters. The Morgan fingerprint density at radius 3 is 2.55 bits per heavy atom. The van der Waals surface area contributed by atoms with Crippen molar-refractivity contribution in [3.05, 3.63) is 88.6 Å². The zero-order valence-electron chi connectivity index (χ0n) is 23.3. The molecule has 0 spiro atoms. The van der Waals surface area contributed by atoms with E-state index in [1.807, 2.05) is 44.2 Å². The highest BCUT2D eigenvalue weighted by Gasteiger charge is 2.26. The van der Waals surface area contributed by atoms with Gasteiger partial charge in [0.15, 0.2) is 5.78 Å². The molecular formula is C32H34FN5O2. The van der Waals surface area contributed by atoms with E-state index >= 15 is 0 Å². The quantitative estimate of drug-likeness (QED) is 0.180. The van der Waals surface area contributed by atoms with Gasteiger partial charge in [-0.05, 0) is 94.0 Å². The van der Waals surface area contributed by atoms with Gasteiger partial charge in [-0.2, -0.15) is 5.10 Å². The van der Waals surface area contributed by atoms with E-state index in [-0.39, 0.29) is 17.5 Å². The number of anilines is 1. The predicted octanol–water partition coefficient (Wildman–Crippen LogP) is 6.42. The Labute approximate surface area is 233 Å². The van der Waals surface area contributed by atoms with E-state index in [4.69, 9.17) is 0 Å². The fourth-order valence-corrected chi connectivity index (χ4v) is 5.41. The summed E-state index contributed by atoms with van der Waals surface area (Å²) in [5.41, 5.74) is 7.57. The molecule has 0 radical (unpaired) electrons. The van der Waals surface area contributed by atoms with E-state index in [9.17, 15) is 14.0 Å². The molecule has 0 saturated carbocycles. The van der Waals surface area contributed by atoms with Crippen molar-refractivity contribution in [2.24, 2.45) is 0 Å². The summed E-state index contributed by atoms with van der Waals surface area (Å²) in [6.07, 6.45) is 4.82. The number of amides is 1. The van der Waals surface area contributed by atoms with Gasteiger partial charge in [0, 0.05) is 40.2 Å². The topological polar surface area (TPSA) is 83.0 Å². The normalized spacial score (nSPS) is 13.8. The fraction of sp³-hybridized carbons (Fsp3) is 0.281. The van der Waals surface area contributed by atoms with Crippen LogP contribution in [0.25, 0.3) is 28.6 Å². The van der Waals surface area contributed by atoms with E-state index in [1.54, 1.807) is 23.0 Å². The second-order valence-electron chi connectivity index (χ2n) is 10.1. The van der Waals surface area contributed by atoms with Gasteiger partial charge in [0.05, 0.1) is 23.2 Å². The molecule has 0 fully saturated rings. The molecular weight excluding hydrogens is 505 g/mol. The van der Waals surface area contributed by atoms with Gasteiger partial charge in [-0.25, -0.2) is 9.07 Å². The van der Waals surface area contributed by atoms with Crippen LogP contribution in [0.15, 0.2) is 54.7 Å². The van der Waals surface area contributed by atoms with Gasteiger partial charge < -0.3 is 15.2 Å². The molecule has 7 nitrogen and oxygen atoms in total. The minimum absolute atomic E-state index is 0.121. The molecule has 1 aliphatic heterocycles. The summed E-state index contributed by atoms with van der Waals surface area (Å²) >= 11 is 0. The smallest absolute Gasteiger partial charge is 0.256 e. The number of carbonyl (C=O) groups excluding carboxylic acids is 2. The first kappa shape index (κ1) is 27.3. The molecule has 40 heavy (non-hydrogen) atoms. The number of carbonyl (C=O) groups is 2. The van der Waals surface area contributed by atoms with E-state index in [0.717, 1.165) is 71.2 Å². The standard InChI is InChI=1S/C32H34FN5O2/c1-5-37(6-2)17-7-8-30(39)31-20(3)28(35-21(31)4)19-26-25-18-22(9-14-27(25)36-32(26)40)29-15-16-34-38(29)24-12-10-23(33)11-13-24/h9-16,18-19,35H,5-8,17H2,1-4H3,(H,36,40)/b26-19-. The SMILES string of the molecule is CCN(CC)CCCC(=O)c1c(C)[nH]c(/C=C2\C(=O)Nc3ccc(-c4ccnn4-c4ccc(F)cc4)cc32)c1C. The summed E-state index contributed by atoms with van der Waals surface area (Å²) in [6.45, 7) is 11.0. The summed E-state index contributed by atoms with van der Waals surface area (Å²) in [6, 6.07) is 13.8. The van der Waals surface area contributed by atoms with Crippen molar-refractivity contribution in [3.63, 3.8) is 0 Å². The van der Waals surface area contributed by atoms with E-state index in [2.05, 4.69) is 34.1 Å². The van der Waals surface area contributed by atoms with Crippen LogP contribution in [0.5, 0.6) is 0 Å².